The Morgan fingerprint density at radius 1 is 1.00 bits per heavy atom. The maximum Gasteiger partial charge on any atom is 0.408 e. The zero-order valence-electron chi connectivity index (χ0n) is 37.3. The van der Waals surface area contributed by atoms with E-state index < -0.39 is 65.0 Å². The summed E-state index contributed by atoms with van der Waals surface area (Å²) >= 11 is 1.47. The SMILES string of the molecule is CC[C@H]1OC(=O)[C@H](C)C(=O)[C@H](C)[C@@H](CC2C[C@@H](N(C)C)C[C@@H](C)O2)[C@@](C)(OCC#Cc2ccc(-c3cncc(C(=O)N(C)C)c3)s2)C[C@@H](C)C(=O)[C@H](C)C2NC(=O)O[C@@]21C. The van der Waals surface area contributed by atoms with Crippen LogP contribution in [0.1, 0.15) is 103 Å². The lowest BCUT2D eigenvalue weighted by molar-refractivity contribution is -0.173. The van der Waals surface area contributed by atoms with Crippen LogP contribution in [0.3, 0.4) is 0 Å². The van der Waals surface area contributed by atoms with E-state index in [1.54, 1.807) is 47.3 Å². The van der Waals surface area contributed by atoms with E-state index in [0.29, 0.717) is 18.4 Å². The van der Waals surface area contributed by atoms with Gasteiger partial charge in [0.1, 0.15) is 30.2 Å². The van der Waals surface area contributed by atoms with Gasteiger partial charge in [-0.25, -0.2) is 4.79 Å². The Morgan fingerprint density at radius 3 is 2.38 bits per heavy atom. The molecule has 60 heavy (non-hydrogen) atoms. The second-order valence-electron chi connectivity index (χ2n) is 18.0. The highest BCUT2D eigenvalue weighted by Crippen LogP contribution is 2.43. The fourth-order valence-electron chi connectivity index (χ4n) is 9.54. The molecule has 2 aromatic heterocycles. The Morgan fingerprint density at radius 2 is 1.72 bits per heavy atom. The molecule has 0 saturated carbocycles. The number of fused-ring (bicyclic) bond motifs is 1. The Labute approximate surface area is 359 Å². The summed E-state index contributed by atoms with van der Waals surface area (Å²) in [6.07, 6.45) is 4.05. The lowest BCUT2D eigenvalue weighted by Crippen LogP contribution is -2.57. The highest BCUT2D eigenvalue weighted by Gasteiger charge is 2.57. The molecule has 14 heteroatoms. The number of carbonyl (C=O) groups is 5. The molecule has 2 amide bonds. The molecule has 3 saturated heterocycles. The van der Waals surface area contributed by atoms with Gasteiger partial charge in [0, 0.05) is 60.7 Å². The molecule has 12 atom stereocenters. The van der Waals surface area contributed by atoms with Crippen LogP contribution in [0.25, 0.3) is 10.4 Å². The topological polar surface area (TPSA) is 154 Å². The molecule has 2 unspecified atom stereocenters. The number of alkyl carbamates (subject to hydrolysis) is 1. The predicted molar refractivity (Wildman–Crippen MR) is 229 cm³/mol. The van der Waals surface area contributed by atoms with Gasteiger partial charge in [0.25, 0.3) is 5.91 Å². The molecule has 5 heterocycles. The van der Waals surface area contributed by atoms with Gasteiger partial charge >= 0.3 is 12.1 Å². The Kier molecular flexibility index (Phi) is 15.1. The van der Waals surface area contributed by atoms with E-state index in [4.69, 9.17) is 18.9 Å². The maximum absolute atomic E-state index is 14.6. The minimum absolute atomic E-state index is 0.00535. The van der Waals surface area contributed by atoms with E-state index in [2.05, 4.69) is 48.1 Å². The number of pyridine rings is 1. The number of esters is 1. The number of nitrogens with zero attached hydrogens (tertiary/aromatic N) is 3. The summed E-state index contributed by atoms with van der Waals surface area (Å²) in [6.45, 7) is 14.5. The van der Waals surface area contributed by atoms with Crippen molar-refractivity contribution in [1.82, 2.24) is 20.1 Å². The summed E-state index contributed by atoms with van der Waals surface area (Å²) < 4.78 is 25.2. The highest BCUT2D eigenvalue weighted by molar-refractivity contribution is 7.16. The van der Waals surface area contributed by atoms with E-state index in [9.17, 15) is 24.0 Å². The third-order valence-electron chi connectivity index (χ3n) is 13.0. The first kappa shape index (κ1) is 46.9. The molecule has 0 spiro atoms. The Bertz CT molecular complexity index is 1970. The number of ether oxygens (including phenoxy) is 4. The average Bonchev–Trinajstić information content (AvgIpc) is 3.81. The van der Waals surface area contributed by atoms with E-state index in [1.165, 1.54) is 16.2 Å². The van der Waals surface area contributed by atoms with Crippen LogP contribution in [0, 0.1) is 41.4 Å². The standard InChI is InChI=1S/C46H64N4O9S/c1-13-38-46(8)41(48-44(55)59-46)29(5)39(51)26(2)23-45(7,56-18-14-15-35-16-17-37(60-35)31-20-32(25-47-24-31)42(53)50(11)12)36(28(4)40(52)30(6)43(54)58-38)22-34-21-33(49(9)10)19-27(3)57-34/h16-17,20,24-30,33-34,36,38,41H,13,18-19,21-23H2,1-12H3,(H,48,55)/t26-,27-,28-,29+,30-,33+,34?,36-,38-,41?,45+,46-/m1/s1. The van der Waals surface area contributed by atoms with Crippen LogP contribution < -0.4 is 5.32 Å². The zero-order valence-corrected chi connectivity index (χ0v) is 38.1. The van der Waals surface area contributed by atoms with Crippen molar-refractivity contribution in [1.29, 1.82) is 0 Å². The van der Waals surface area contributed by atoms with Gasteiger partial charge in [0.05, 0.1) is 34.3 Å². The number of ketones is 2. The number of amides is 2. The molecule has 0 aromatic carbocycles. The quantitative estimate of drug-likeness (QED) is 0.178. The molecule has 3 aliphatic heterocycles. The number of Topliss-reactive ketones (excluding diaryl/α,β-unsaturated/α-hetero) is 2. The van der Waals surface area contributed by atoms with Crippen LogP contribution >= 0.6 is 11.3 Å². The number of cyclic esters (lactones) is 1. The maximum atomic E-state index is 14.6. The zero-order chi connectivity index (χ0) is 44.3. The molecule has 328 valence electrons. The lowest BCUT2D eigenvalue weighted by atomic mass is 9.68. The number of rotatable bonds is 8. The van der Waals surface area contributed by atoms with Gasteiger partial charge in [0.2, 0.25) is 0 Å². The van der Waals surface area contributed by atoms with Crippen LogP contribution in [-0.2, 0) is 33.3 Å². The van der Waals surface area contributed by atoms with Crippen molar-refractivity contribution in [3.8, 4) is 22.3 Å². The van der Waals surface area contributed by atoms with Crippen molar-refractivity contribution >= 4 is 40.9 Å². The van der Waals surface area contributed by atoms with E-state index >= 15 is 0 Å². The summed E-state index contributed by atoms with van der Waals surface area (Å²) in [5, 5.41) is 2.84. The van der Waals surface area contributed by atoms with Gasteiger partial charge in [-0.1, -0.05) is 39.5 Å². The second-order valence-corrected chi connectivity index (χ2v) is 19.1. The average molecular weight is 849 g/mol. The molecule has 0 radical (unpaired) electrons. The smallest absolute Gasteiger partial charge is 0.408 e. The Balaban J connectivity index is 1.51. The van der Waals surface area contributed by atoms with E-state index in [0.717, 1.165) is 28.2 Å². The number of aromatic nitrogens is 1. The molecule has 1 N–H and O–H groups in total. The largest absolute Gasteiger partial charge is 0.458 e. The van der Waals surface area contributed by atoms with Gasteiger partial charge in [-0.15, -0.1) is 11.3 Å². The molecule has 3 fully saturated rings. The first-order valence-electron chi connectivity index (χ1n) is 21.2. The molecule has 5 rings (SSSR count). The summed E-state index contributed by atoms with van der Waals surface area (Å²) in [7, 11) is 7.52. The van der Waals surface area contributed by atoms with Crippen molar-refractivity contribution in [3.63, 3.8) is 0 Å². The van der Waals surface area contributed by atoms with Gasteiger partial charge in [0.15, 0.2) is 5.60 Å². The normalized spacial score (nSPS) is 34.1. The molecule has 3 aliphatic rings. The van der Waals surface area contributed by atoms with Crippen LogP contribution in [0.5, 0.6) is 0 Å². The molecular formula is C46H64N4O9S. The van der Waals surface area contributed by atoms with Crippen LogP contribution in [0.2, 0.25) is 0 Å². The third kappa shape index (κ3) is 10.3. The minimum atomic E-state index is -1.35. The van der Waals surface area contributed by atoms with E-state index in [-0.39, 0.29) is 48.8 Å². The van der Waals surface area contributed by atoms with Crippen molar-refractivity contribution in [2.75, 3.05) is 34.8 Å². The number of carbonyl (C=O) groups excluding carboxylic acids is 5. The predicted octanol–water partition coefficient (Wildman–Crippen LogP) is 6.42. The van der Waals surface area contributed by atoms with E-state index in [1.807, 2.05) is 45.9 Å². The third-order valence-corrected chi connectivity index (χ3v) is 14.1. The van der Waals surface area contributed by atoms with Crippen molar-refractivity contribution in [2.45, 2.75) is 129 Å². The number of thiophene rings is 1. The fourth-order valence-corrected chi connectivity index (χ4v) is 10.4. The molecular weight excluding hydrogens is 785 g/mol. The monoisotopic (exact) mass is 848 g/mol. The number of nitrogens with one attached hydrogen (secondary N) is 1. The highest BCUT2D eigenvalue weighted by atomic mass is 32.1. The fraction of sp³-hybridized carbons (Fsp3) is 0.652. The van der Waals surface area contributed by atoms with Crippen LogP contribution in [-0.4, -0.2) is 121 Å². The molecule has 0 bridgehead atoms. The number of hydrogen-bond donors (Lipinski definition) is 1. The summed E-state index contributed by atoms with van der Waals surface area (Å²) in [6, 6.07) is 5.14. The van der Waals surface area contributed by atoms with Gasteiger partial charge in [-0.05, 0) is 98.0 Å². The summed E-state index contributed by atoms with van der Waals surface area (Å²) in [4.78, 5) is 78.0. The lowest BCUT2D eigenvalue weighted by Gasteiger charge is -2.46. The Hall–Kier alpha value is -4.16. The summed E-state index contributed by atoms with van der Waals surface area (Å²) in [5.74, 6) is 1.53. The molecule has 13 nitrogen and oxygen atoms in total. The first-order chi connectivity index (χ1) is 28.2. The van der Waals surface area contributed by atoms with Gasteiger partial charge in [-0.3, -0.25) is 24.2 Å². The molecule has 2 aromatic rings. The van der Waals surface area contributed by atoms with Gasteiger partial charge < -0.3 is 34.1 Å². The second kappa shape index (κ2) is 19.3. The molecule has 0 aliphatic carbocycles. The van der Waals surface area contributed by atoms with Gasteiger partial charge in [-0.2, -0.15) is 0 Å². The minimum Gasteiger partial charge on any atom is -0.458 e. The van der Waals surface area contributed by atoms with Crippen molar-refractivity contribution in [2.24, 2.45) is 29.6 Å². The number of hydrogen-bond acceptors (Lipinski definition) is 12. The van der Waals surface area contributed by atoms with Crippen molar-refractivity contribution < 1.29 is 42.9 Å². The van der Waals surface area contributed by atoms with Crippen molar-refractivity contribution in [3.05, 3.63) is 41.0 Å². The summed E-state index contributed by atoms with van der Waals surface area (Å²) in [5.41, 5.74) is -1.15. The van der Waals surface area contributed by atoms with Crippen LogP contribution in [0.4, 0.5) is 4.79 Å². The first-order valence-corrected chi connectivity index (χ1v) is 22.0. The van der Waals surface area contributed by atoms with Crippen LogP contribution in [0.15, 0.2) is 30.6 Å².